The number of para-hydroxylation sites is 2. The van der Waals surface area contributed by atoms with Gasteiger partial charge in [0.2, 0.25) is 0 Å². The van der Waals surface area contributed by atoms with Gasteiger partial charge in [-0.2, -0.15) is 0 Å². The lowest BCUT2D eigenvalue weighted by atomic mass is 9.89. The highest BCUT2D eigenvalue weighted by Crippen LogP contribution is 2.41. The van der Waals surface area contributed by atoms with Crippen LogP contribution in [0.3, 0.4) is 0 Å². The van der Waals surface area contributed by atoms with Gasteiger partial charge in [-0.3, -0.25) is 4.79 Å². The van der Waals surface area contributed by atoms with Crippen LogP contribution in [0.15, 0.2) is 42.5 Å². The van der Waals surface area contributed by atoms with Crippen LogP contribution in [0.25, 0.3) is 0 Å². The smallest absolute Gasteiger partial charge is 0.261 e. The number of rotatable bonds is 7. The number of carbonyl (C=O) groups is 1. The van der Waals surface area contributed by atoms with E-state index in [9.17, 15) is 4.79 Å². The summed E-state index contributed by atoms with van der Waals surface area (Å²) in [5, 5.41) is 3.15. The largest absolute Gasteiger partial charge is 0.497 e. The first-order valence-electron chi connectivity index (χ1n) is 9.84. The van der Waals surface area contributed by atoms with Gasteiger partial charge in [0, 0.05) is 12.0 Å². The van der Waals surface area contributed by atoms with E-state index in [0.717, 1.165) is 17.1 Å². The van der Waals surface area contributed by atoms with Crippen LogP contribution in [0.4, 0.5) is 0 Å². The van der Waals surface area contributed by atoms with Crippen LogP contribution in [-0.4, -0.2) is 31.8 Å². The Kier molecular flexibility index (Phi) is 6.20. The molecule has 1 aliphatic rings. The van der Waals surface area contributed by atoms with Gasteiger partial charge in [0.1, 0.15) is 17.1 Å². The van der Waals surface area contributed by atoms with Crippen LogP contribution in [0.2, 0.25) is 0 Å². The SMILES string of the molecule is CC[C@@H](Oc1ccccc1OC)C(=O)N[C@@H]1CC(C)(C)Oc2ccc(OC)cc21. The second-order valence-electron chi connectivity index (χ2n) is 7.70. The fourth-order valence-electron chi connectivity index (χ4n) is 3.54. The summed E-state index contributed by atoms with van der Waals surface area (Å²) in [6.07, 6.45) is 0.539. The summed E-state index contributed by atoms with van der Waals surface area (Å²) in [4.78, 5) is 13.1. The van der Waals surface area contributed by atoms with Crippen molar-refractivity contribution in [3.05, 3.63) is 48.0 Å². The van der Waals surface area contributed by atoms with E-state index in [-0.39, 0.29) is 11.9 Å². The predicted octanol–water partition coefficient (Wildman–Crippen LogP) is 4.28. The molecule has 0 saturated heterocycles. The maximum atomic E-state index is 13.1. The summed E-state index contributed by atoms with van der Waals surface area (Å²) >= 11 is 0. The number of ether oxygens (including phenoxy) is 4. The van der Waals surface area contributed by atoms with Crippen molar-refractivity contribution in [3.63, 3.8) is 0 Å². The summed E-state index contributed by atoms with van der Waals surface area (Å²) in [6.45, 7) is 5.95. The van der Waals surface area contributed by atoms with E-state index in [4.69, 9.17) is 18.9 Å². The van der Waals surface area contributed by atoms with E-state index < -0.39 is 11.7 Å². The zero-order valence-electron chi connectivity index (χ0n) is 17.7. The Hall–Kier alpha value is -2.89. The molecule has 0 fully saturated rings. The second kappa shape index (κ2) is 8.64. The molecule has 0 saturated carbocycles. The highest BCUT2D eigenvalue weighted by molar-refractivity contribution is 5.81. The Morgan fingerprint density at radius 1 is 1.17 bits per heavy atom. The van der Waals surface area contributed by atoms with Crippen molar-refractivity contribution in [2.24, 2.45) is 0 Å². The normalized spacial score (nSPS) is 18.0. The van der Waals surface area contributed by atoms with Crippen LogP contribution in [0.5, 0.6) is 23.0 Å². The molecule has 2 aromatic carbocycles. The molecule has 1 amide bonds. The minimum absolute atomic E-state index is 0.171. The molecule has 0 aromatic heterocycles. The van der Waals surface area contributed by atoms with Crippen LogP contribution >= 0.6 is 0 Å². The van der Waals surface area contributed by atoms with E-state index >= 15 is 0 Å². The van der Waals surface area contributed by atoms with E-state index in [1.54, 1.807) is 20.3 Å². The zero-order valence-corrected chi connectivity index (χ0v) is 17.7. The molecule has 29 heavy (non-hydrogen) atoms. The summed E-state index contributed by atoms with van der Waals surface area (Å²) in [5.74, 6) is 2.46. The third-order valence-electron chi connectivity index (χ3n) is 4.99. The first-order valence-corrected chi connectivity index (χ1v) is 9.84. The van der Waals surface area contributed by atoms with E-state index in [1.807, 2.05) is 57.2 Å². The molecule has 2 atom stereocenters. The van der Waals surface area contributed by atoms with Crippen molar-refractivity contribution in [2.75, 3.05) is 14.2 Å². The second-order valence-corrected chi connectivity index (χ2v) is 7.70. The summed E-state index contributed by atoms with van der Waals surface area (Å²) < 4.78 is 22.8. The fraction of sp³-hybridized carbons (Fsp3) is 0.435. The summed E-state index contributed by atoms with van der Waals surface area (Å²) in [6, 6.07) is 12.8. The number of hydrogen-bond acceptors (Lipinski definition) is 5. The Balaban J connectivity index is 1.81. The lowest BCUT2D eigenvalue weighted by Gasteiger charge is -2.38. The van der Waals surface area contributed by atoms with Crippen LogP contribution in [-0.2, 0) is 4.79 Å². The first-order chi connectivity index (χ1) is 13.9. The average Bonchev–Trinajstić information content (AvgIpc) is 2.71. The van der Waals surface area contributed by atoms with Crippen molar-refractivity contribution in [2.45, 2.75) is 51.4 Å². The Bertz CT molecular complexity index is 864. The molecule has 0 unspecified atom stereocenters. The van der Waals surface area contributed by atoms with Crippen LogP contribution in [0, 0.1) is 0 Å². The standard InChI is InChI=1S/C23H29NO5/c1-6-18(28-21-10-8-7-9-20(21)27-5)22(25)24-17-14-23(2,3)29-19-12-11-15(26-4)13-16(17)19/h7-13,17-18H,6,14H2,1-5H3,(H,24,25)/t17-,18-/m1/s1. The Morgan fingerprint density at radius 3 is 2.55 bits per heavy atom. The Labute approximate surface area is 172 Å². The predicted molar refractivity (Wildman–Crippen MR) is 111 cm³/mol. The van der Waals surface area contributed by atoms with Gasteiger partial charge < -0.3 is 24.3 Å². The first kappa shape index (κ1) is 20.8. The van der Waals surface area contributed by atoms with Crippen LogP contribution in [0.1, 0.15) is 45.2 Å². The van der Waals surface area contributed by atoms with Gasteiger partial charge in [-0.15, -0.1) is 0 Å². The number of benzene rings is 2. The molecule has 1 N–H and O–H groups in total. The number of amides is 1. The number of fused-ring (bicyclic) bond motifs is 1. The van der Waals surface area contributed by atoms with Gasteiger partial charge in [0.25, 0.3) is 5.91 Å². The topological polar surface area (TPSA) is 66.0 Å². The molecule has 3 rings (SSSR count). The molecule has 1 heterocycles. The van der Waals surface area contributed by atoms with Crippen molar-refractivity contribution in [3.8, 4) is 23.0 Å². The molecule has 0 aliphatic carbocycles. The third-order valence-corrected chi connectivity index (χ3v) is 4.99. The minimum atomic E-state index is -0.633. The maximum Gasteiger partial charge on any atom is 0.261 e. The van der Waals surface area contributed by atoms with Crippen molar-refractivity contribution < 1.29 is 23.7 Å². The molecule has 0 bridgehead atoms. The lowest BCUT2D eigenvalue weighted by molar-refractivity contribution is -0.129. The minimum Gasteiger partial charge on any atom is -0.497 e. The summed E-state index contributed by atoms with van der Waals surface area (Å²) in [7, 11) is 3.20. The zero-order chi connectivity index (χ0) is 21.0. The van der Waals surface area contributed by atoms with Gasteiger partial charge in [-0.1, -0.05) is 19.1 Å². The number of carbonyl (C=O) groups excluding carboxylic acids is 1. The highest BCUT2D eigenvalue weighted by Gasteiger charge is 2.36. The van der Waals surface area contributed by atoms with E-state index in [1.165, 1.54) is 0 Å². The molecule has 1 aliphatic heterocycles. The molecular formula is C23H29NO5. The van der Waals surface area contributed by atoms with E-state index in [0.29, 0.717) is 24.3 Å². The van der Waals surface area contributed by atoms with Gasteiger partial charge in [-0.25, -0.2) is 0 Å². The summed E-state index contributed by atoms with van der Waals surface area (Å²) in [5.41, 5.74) is 0.509. The molecule has 6 nitrogen and oxygen atoms in total. The molecule has 156 valence electrons. The lowest BCUT2D eigenvalue weighted by Crippen LogP contribution is -2.45. The number of hydrogen-bond donors (Lipinski definition) is 1. The molecule has 0 radical (unpaired) electrons. The van der Waals surface area contributed by atoms with Crippen LogP contribution < -0.4 is 24.3 Å². The van der Waals surface area contributed by atoms with Gasteiger partial charge in [-0.05, 0) is 50.6 Å². The molecule has 2 aromatic rings. The van der Waals surface area contributed by atoms with Gasteiger partial charge in [0.05, 0.1) is 20.3 Å². The fourth-order valence-corrected chi connectivity index (χ4v) is 3.54. The molecular weight excluding hydrogens is 370 g/mol. The van der Waals surface area contributed by atoms with Crippen molar-refractivity contribution in [1.82, 2.24) is 5.32 Å². The maximum absolute atomic E-state index is 13.1. The third kappa shape index (κ3) is 4.75. The highest BCUT2D eigenvalue weighted by atomic mass is 16.5. The average molecular weight is 399 g/mol. The van der Waals surface area contributed by atoms with Gasteiger partial charge >= 0.3 is 0 Å². The van der Waals surface area contributed by atoms with E-state index in [2.05, 4.69) is 5.32 Å². The Morgan fingerprint density at radius 2 is 1.90 bits per heavy atom. The quantitative estimate of drug-likeness (QED) is 0.753. The number of nitrogens with one attached hydrogen (secondary N) is 1. The monoisotopic (exact) mass is 399 g/mol. The van der Waals surface area contributed by atoms with Crippen molar-refractivity contribution in [1.29, 1.82) is 0 Å². The molecule has 0 spiro atoms. The van der Waals surface area contributed by atoms with Crippen molar-refractivity contribution >= 4 is 5.91 Å². The number of methoxy groups -OCH3 is 2. The molecule has 6 heteroatoms. The van der Waals surface area contributed by atoms with Gasteiger partial charge in [0.15, 0.2) is 17.6 Å².